The summed E-state index contributed by atoms with van der Waals surface area (Å²) in [6, 6.07) is 9.98. The third kappa shape index (κ3) is 0.809. The van der Waals surface area contributed by atoms with Crippen LogP contribution < -0.4 is 0 Å². The predicted octanol–water partition coefficient (Wildman–Crippen LogP) is 2.84. The molecular weight excluding hydrogens is 147 g/mol. The van der Waals surface area contributed by atoms with E-state index in [2.05, 4.69) is 6.07 Å². The van der Waals surface area contributed by atoms with Crippen LogP contribution in [0.3, 0.4) is 0 Å². The maximum Gasteiger partial charge on any atom is 0.177 e. The number of hydrogen-bond donors (Lipinski definition) is 0. The van der Waals surface area contributed by atoms with E-state index in [9.17, 15) is 4.39 Å². The Kier molecular flexibility index (Phi) is 1.21. The third-order valence-corrected chi connectivity index (χ3v) is 2.20. The summed E-state index contributed by atoms with van der Waals surface area (Å²) in [7, 11) is 0. The molecule has 0 saturated carbocycles. The number of benzene rings is 1. The summed E-state index contributed by atoms with van der Waals surface area (Å²) >= 11 is 1.15. The molecule has 0 N–H and O–H groups in total. The molecule has 0 spiro atoms. The van der Waals surface area contributed by atoms with Crippen LogP contribution in [-0.2, 0) is 0 Å². The van der Waals surface area contributed by atoms with Crippen molar-refractivity contribution in [2.24, 2.45) is 0 Å². The summed E-state index contributed by atoms with van der Waals surface area (Å²) in [4.78, 5) is 0. The smallest absolute Gasteiger partial charge is 0.177 e. The van der Waals surface area contributed by atoms with Gasteiger partial charge in [0.1, 0.15) is 0 Å². The minimum absolute atomic E-state index is 0.141. The molecule has 0 unspecified atom stereocenters. The van der Waals surface area contributed by atoms with Gasteiger partial charge in [0, 0.05) is 10.1 Å². The van der Waals surface area contributed by atoms with Gasteiger partial charge in [-0.15, -0.1) is 11.3 Å². The summed E-state index contributed by atoms with van der Waals surface area (Å²) < 4.78 is 13.5. The van der Waals surface area contributed by atoms with E-state index in [4.69, 9.17) is 0 Å². The lowest BCUT2D eigenvalue weighted by Gasteiger charge is -1.80. The van der Waals surface area contributed by atoms with E-state index >= 15 is 0 Å². The summed E-state index contributed by atoms with van der Waals surface area (Å²) in [5.41, 5.74) is 0. The summed E-state index contributed by atoms with van der Waals surface area (Å²) in [5, 5.41) is 0.724. The molecule has 0 aliphatic carbocycles. The van der Waals surface area contributed by atoms with Crippen molar-refractivity contribution in [1.29, 1.82) is 0 Å². The predicted molar refractivity (Wildman–Crippen MR) is 40.6 cm³/mol. The van der Waals surface area contributed by atoms with E-state index in [1.54, 1.807) is 6.07 Å². The molecule has 10 heavy (non-hydrogen) atoms. The van der Waals surface area contributed by atoms with Crippen LogP contribution in [0.5, 0.6) is 0 Å². The topological polar surface area (TPSA) is 0 Å². The van der Waals surface area contributed by atoms with Crippen molar-refractivity contribution in [2.45, 2.75) is 0 Å². The Hall–Kier alpha value is -0.890. The SMILES string of the molecule is Fc1cc2[c]cccc2s1. The van der Waals surface area contributed by atoms with Crippen LogP contribution in [0, 0.1) is 11.2 Å². The Morgan fingerprint density at radius 2 is 2.40 bits per heavy atom. The first-order valence-corrected chi connectivity index (χ1v) is 3.74. The molecule has 0 aliphatic rings. The van der Waals surface area contributed by atoms with Crippen LogP contribution in [0.4, 0.5) is 4.39 Å². The van der Waals surface area contributed by atoms with E-state index in [1.165, 1.54) is 6.07 Å². The molecule has 0 bridgehead atoms. The number of halogens is 1. The van der Waals surface area contributed by atoms with Gasteiger partial charge in [-0.1, -0.05) is 12.1 Å². The molecule has 1 aromatic heterocycles. The standard InChI is InChI=1S/C8H4FS/c9-8-5-6-3-1-2-4-7(6)10-8/h1-2,4-5H. The van der Waals surface area contributed by atoms with Gasteiger partial charge in [-0.25, -0.2) is 0 Å². The van der Waals surface area contributed by atoms with E-state index in [0.29, 0.717) is 0 Å². The Morgan fingerprint density at radius 1 is 1.50 bits per heavy atom. The highest BCUT2D eigenvalue weighted by molar-refractivity contribution is 7.17. The molecule has 49 valence electrons. The first kappa shape index (κ1) is 5.86. The fourth-order valence-corrected chi connectivity index (χ4v) is 1.65. The first-order chi connectivity index (χ1) is 4.86. The zero-order valence-electron chi connectivity index (χ0n) is 5.10. The Bertz CT molecular complexity index is 318. The number of thiophene rings is 1. The second-order valence-corrected chi connectivity index (χ2v) is 3.03. The highest BCUT2D eigenvalue weighted by atomic mass is 32.1. The molecule has 1 aromatic carbocycles. The van der Waals surface area contributed by atoms with Crippen LogP contribution >= 0.6 is 11.3 Å². The second-order valence-electron chi connectivity index (χ2n) is 2.00. The van der Waals surface area contributed by atoms with E-state index in [1.807, 2.05) is 12.1 Å². The van der Waals surface area contributed by atoms with Crippen LogP contribution in [-0.4, -0.2) is 0 Å². The third-order valence-electron chi connectivity index (χ3n) is 1.31. The Morgan fingerprint density at radius 3 is 3.20 bits per heavy atom. The molecule has 1 radical (unpaired) electrons. The minimum atomic E-state index is -0.141. The highest BCUT2D eigenvalue weighted by Gasteiger charge is 1.97. The van der Waals surface area contributed by atoms with E-state index in [0.717, 1.165) is 21.4 Å². The summed E-state index contributed by atoms with van der Waals surface area (Å²) in [5.74, 6) is 0. The lowest BCUT2D eigenvalue weighted by molar-refractivity contribution is 0.658. The van der Waals surface area contributed by atoms with E-state index < -0.39 is 0 Å². The van der Waals surface area contributed by atoms with Gasteiger partial charge in [0.25, 0.3) is 0 Å². The lowest BCUT2D eigenvalue weighted by atomic mass is 10.3. The molecule has 0 saturated heterocycles. The van der Waals surface area contributed by atoms with Gasteiger partial charge >= 0.3 is 0 Å². The average Bonchev–Trinajstić information content (AvgIpc) is 2.27. The number of rotatable bonds is 0. The maximum absolute atomic E-state index is 12.5. The van der Waals surface area contributed by atoms with Gasteiger partial charge in [0.2, 0.25) is 0 Å². The second kappa shape index (κ2) is 2.06. The molecule has 0 nitrogen and oxygen atoms in total. The van der Waals surface area contributed by atoms with Crippen molar-refractivity contribution in [3.05, 3.63) is 35.5 Å². The maximum atomic E-state index is 12.5. The van der Waals surface area contributed by atoms with Crippen molar-refractivity contribution in [2.75, 3.05) is 0 Å². The monoisotopic (exact) mass is 151 g/mol. The largest absolute Gasteiger partial charge is 0.195 e. The quantitative estimate of drug-likeness (QED) is 0.543. The zero-order chi connectivity index (χ0) is 6.97. The Balaban J connectivity index is 2.88. The van der Waals surface area contributed by atoms with Crippen molar-refractivity contribution >= 4 is 21.4 Å². The van der Waals surface area contributed by atoms with Gasteiger partial charge in [-0.3, -0.25) is 0 Å². The van der Waals surface area contributed by atoms with Gasteiger partial charge in [-0.2, -0.15) is 4.39 Å². The molecule has 1 heterocycles. The van der Waals surface area contributed by atoms with Crippen LogP contribution in [0.25, 0.3) is 10.1 Å². The Labute approximate surface area is 61.9 Å². The fourth-order valence-electron chi connectivity index (χ4n) is 0.884. The minimum Gasteiger partial charge on any atom is -0.195 e. The fraction of sp³-hybridized carbons (Fsp3) is 0. The van der Waals surface area contributed by atoms with Crippen molar-refractivity contribution in [3.63, 3.8) is 0 Å². The van der Waals surface area contributed by atoms with Crippen LogP contribution in [0.2, 0.25) is 0 Å². The van der Waals surface area contributed by atoms with E-state index in [-0.39, 0.29) is 5.13 Å². The van der Waals surface area contributed by atoms with Crippen molar-refractivity contribution in [1.82, 2.24) is 0 Å². The number of hydrogen-bond acceptors (Lipinski definition) is 1. The molecule has 0 atom stereocenters. The summed E-state index contributed by atoms with van der Waals surface area (Å²) in [6.07, 6.45) is 0. The van der Waals surface area contributed by atoms with Gasteiger partial charge in [0.05, 0.1) is 0 Å². The van der Waals surface area contributed by atoms with Crippen molar-refractivity contribution < 1.29 is 4.39 Å². The van der Waals surface area contributed by atoms with Crippen LogP contribution in [0.15, 0.2) is 24.3 Å². The molecule has 2 rings (SSSR count). The van der Waals surface area contributed by atoms with Crippen LogP contribution in [0.1, 0.15) is 0 Å². The number of fused-ring (bicyclic) bond motifs is 1. The van der Waals surface area contributed by atoms with Gasteiger partial charge in [0.15, 0.2) is 5.13 Å². The zero-order valence-corrected chi connectivity index (χ0v) is 5.91. The average molecular weight is 151 g/mol. The molecule has 0 amide bonds. The normalized spacial score (nSPS) is 10.5. The molecule has 0 aliphatic heterocycles. The van der Waals surface area contributed by atoms with Gasteiger partial charge < -0.3 is 0 Å². The molecule has 0 fully saturated rings. The summed E-state index contributed by atoms with van der Waals surface area (Å²) in [6.45, 7) is 0. The molecular formula is C8H4FS. The van der Waals surface area contributed by atoms with Gasteiger partial charge in [-0.05, 0) is 18.2 Å². The first-order valence-electron chi connectivity index (χ1n) is 2.92. The highest BCUT2D eigenvalue weighted by Crippen LogP contribution is 2.22. The molecule has 2 aromatic rings. The molecule has 2 heteroatoms. The lowest BCUT2D eigenvalue weighted by Crippen LogP contribution is -1.57. The van der Waals surface area contributed by atoms with Crippen molar-refractivity contribution in [3.8, 4) is 0 Å².